The Morgan fingerprint density at radius 1 is 1.22 bits per heavy atom. The van der Waals surface area contributed by atoms with Crippen LogP contribution < -0.4 is 16.0 Å². The second kappa shape index (κ2) is 7.67. The maximum absolute atomic E-state index is 12.2. The van der Waals surface area contributed by atoms with Gasteiger partial charge < -0.3 is 16.0 Å². The molecule has 27 heavy (non-hydrogen) atoms. The van der Waals surface area contributed by atoms with Gasteiger partial charge in [-0.3, -0.25) is 9.59 Å². The van der Waals surface area contributed by atoms with Crippen molar-refractivity contribution < 1.29 is 22.8 Å². The van der Waals surface area contributed by atoms with Crippen molar-refractivity contribution in [3.8, 4) is 0 Å². The van der Waals surface area contributed by atoms with Crippen LogP contribution in [0.4, 0.5) is 10.5 Å². The minimum Gasteiger partial charge on any atom is -0.332 e. The quantitative estimate of drug-likeness (QED) is 0.365. The van der Waals surface area contributed by atoms with Crippen molar-refractivity contribution in [3.05, 3.63) is 29.8 Å². The molecule has 0 bridgehead atoms. The molecule has 0 saturated carbocycles. The van der Waals surface area contributed by atoms with Gasteiger partial charge in [0, 0.05) is 17.7 Å². The van der Waals surface area contributed by atoms with E-state index in [1.807, 2.05) is 0 Å². The lowest BCUT2D eigenvalue weighted by atomic mass is 10.0. The number of rotatable bonds is 7. The van der Waals surface area contributed by atoms with Gasteiger partial charge in [-0.1, -0.05) is 18.6 Å². The van der Waals surface area contributed by atoms with Gasteiger partial charge in [0.2, 0.25) is 5.91 Å². The molecule has 0 aliphatic carbocycles. The third kappa shape index (κ3) is 4.47. The number of carbonyl (C=O) groups excluding carboxylic acids is 3. The number of hydrogen-bond donors (Lipinski definition) is 3. The number of fused-ring (bicyclic) bond motifs is 1. The Balaban J connectivity index is 1.46. The maximum atomic E-state index is 12.2. The number of anilines is 1. The van der Waals surface area contributed by atoms with Crippen molar-refractivity contribution in [2.24, 2.45) is 0 Å². The largest absolute Gasteiger partial charge is 0.332 e. The number of Topliss-reactive ketones (excluding diaryl/α,β-unsaturated/α-hetero) is 1. The second-order valence-corrected chi connectivity index (χ2v) is 9.31. The molecule has 3 N–H and O–H groups in total. The van der Waals surface area contributed by atoms with E-state index in [0.29, 0.717) is 30.5 Å². The molecule has 2 aliphatic rings. The Hall–Kier alpha value is -2.42. The van der Waals surface area contributed by atoms with E-state index in [4.69, 9.17) is 0 Å². The fourth-order valence-electron chi connectivity index (χ4n) is 3.68. The number of ketones is 1. The zero-order valence-electron chi connectivity index (χ0n) is 15.0. The minimum absolute atomic E-state index is 0.0337. The van der Waals surface area contributed by atoms with Gasteiger partial charge in [-0.15, -0.1) is 0 Å². The molecular weight excluding hydrogens is 370 g/mol. The monoisotopic (exact) mass is 393 g/mol. The van der Waals surface area contributed by atoms with Gasteiger partial charge in [0.15, 0.2) is 15.6 Å². The molecule has 2 fully saturated rings. The summed E-state index contributed by atoms with van der Waals surface area (Å²) < 4.78 is 24.5. The first kappa shape index (κ1) is 19.3. The fourth-order valence-corrected chi connectivity index (χ4v) is 5.94. The Labute approximate surface area is 158 Å². The zero-order chi connectivity index (χ0) is 19.6. The Bertz CT molecular complexity index is 868. The molecule has 3 atom stereocenters. The maximum Gasteiger partial charge on any atom is 0.315 e. The van der Waals surface area contributed by atoms with Crippen molar-refractivity contribution in [1.29, 1.82) is 0 Å². The van der Waals surface area contributed by atoms with Gasteiger partial charge in [-0.25, -0.2) is 13.2 Å². The van der Waals surface area contributed by atoms with E-state index in [1.165, 1.54) is 6.92 Å². The smallest absolute Gasteiger partial charge is 0.315 e. The molecule has 0 spiro atoms. The summed E-state index contributed by atoms with van der Waals surface area (Å²) in [5, 5.41) is 7.46. The molecule has 1 aromatic rings. The number of urea groups is 1. The summed E-state index contributed by atoms with van der Waals surface area (Å²) >= 11 is 0. The summed E-state index contributed by atoms with van der Waals surface area (Å²) in [4.78, 5) is 34.8. The molecule has 9 heteroatoms. The molecular formula is C18H23N3O5S. The molecule has 0 radical (unpaired) electrons. The predicted molar refractivity (Wildman–Crippen MR) is 100 cm³/mol. The zero-order valence-corrected chi connectivity index (χ0v) is 15.8. The first-order valence-corrected chi connectivity index (χ1v) is 10.7. The highest BCUT2D eigenvalue weighted by Crippen LogP contribution is 2.28. The molecule has 1 aromatic carbocycles. The van der Waals surface area contributed by atoms with Gasteiger partial charge in [0.05, 0.1) is 23.1 Å². The van der Waals surface area contributed by atoms with Crippen LogP contribution in [0.5, 0.6) is 0 Å². The van der Waals surface area contributed by atoms with Crippen LogP contribution in [0, 0.1) is 0 Å². The molecule has 3 unspecified atom stereocenters. The lowest BCUT2D eigenvalue weighted by Gasteiger charge is -2.16. The van der Waals surface area contributed by atoms with Crippen molar-refractivity contribution in [2.45, 2.75) is 49.9 Å². The lowest BCUT2D eigenvalue weighted by Crippen LogP contribution is -2.39. The summed E-state index contributed by atoms with van der Waals surface area (Å²) in [7, 11) is -3.24. The van der Waals surface area contributed by atoms with Crippen LogP contribution in [0.3, 0.4) is 0 Å². The number of carbonyl (C=O) groups is 3. The lowest BCUT2D eigenvalue weighted by molar-refractivity contribution is -0.116. The van der Waals surface area contributed by atoms with Crippen LogP contribution in [0.15, 0.2) is 24.3 Å². The summed E-state index contributed by atoms with van der Waals surface area (Å²) in [5.74, 6) is -0.289. The number of hydrogen-bond acceptors (Lipinski definition) is 5. The highest BCUT2D eigenvalue weighted by atomic mass is 32.2. The first-order chi connectivity index (χ1) is 12.8. The van der Waals surface area contributed by atoms with E-state index >= 15 is 0 Å². The average molecular weight is 393 g/mol. The molecule has 2 saturated heterocycles. The van der Waals surface area contributed by atoms with Crippen LogP contribution in [0.1, 0.15) is 43.0 Å². The standard InChI is InChI=1S/C18H23N3O5S/c1-11(22)12-5-4-6-13(9-12)19-16(23)8-3-2-7-15-17-14(10-27(15,25)26)20-18(24)21-17/h4-6,9,14-15,17H,2-3,7-8,10H2,1H3,(H,19,23)(H2,20,21,24). The highest BCUT2D eigenvalue weighted by Gasteiger charge is 2.51. The summed E-state index contributed by atoms with van der Waals surface area (Å²) in [6.45, 7) is 1.46. The van der Waals surface area contributed by atoms with E-state index in [-0.39, 0.29) is 42.0 Å². The summed E-state index contributed by atoms with van der Waals surface area (Å²) in [5.41, 5.74) is 1.09. The SMILES string of the molecule is CC(=O)c1cccc(NC(=O)CCCCC2C3NC(=O)NC3CS2(=O)=O)c1. The number of nitrogens with one attached hydrogen (secondary N) is 3. The van der Waals surface area contributed by atoms with E-state index in [9.17, 15) is 22.8 Å². The Morgan fingerprint density at radius 3 is 2.74 bits per heavy atom. The number of benzene rings is 1. The number of sulfone groups is 1. The van der Waals surface area contributed by atoms with Crippen molar-refractivity contribution in [3.63, 3.8) is 0 Å². The molecule has 0 aromatic heterocycles. The fraction of sp³-hybridized carbons (Fsp3) is 0.500. The Morgan fingerprint density at radius 2 is 2.00 bits per heavy atom. The highest BCUT2D eigenvalue weighted by molar-refractivity contribution is 7.92. The van der Waals surface area contributed by atoms with Crippen LogP contribution >= 0.6 is 0 Å². The van der Waals surface area contributed by atoms with Crippen LogP contribution in [-0.4, -0.2) is 49.2 Å². The van der Waals surface area contributed by atoms with E-state index in [2.05, 4.69) is 16.0 Å². The summed E-state index contributed by atoms with van der Waals surface area (Å²) in [6, 6.07) is 5.67. The van der Waals surface area contributed by atoms with Crippen LogP contribution in [0.25, 0.3) is 0 Å². The molecule has 2 aliphatic heterocycles. The van der Waals surface area contributed by atoms with Gasteiger partial charge in [-0.2, -0.15) is 0 Å². The first-order valence-electron chi connectivity index (χ1n) is 8.96. The van der Waals surface area contributed by atoms with Crippen molar-refractivity contribution >= 4 is 33.2 Å². The molecule has 3 amide bonds. The molecule has 3 rings (SSSR count). The normalized spacial score (nSPS) is 25.4. The number of unbranched alkanes of at least 4 members (excludes halogenated alkanes) is 1. The molecule has 146 valence electrons. The van der Waals surface area contributed by atoms with Crippen LogP contribution in [-0.2, 0) is 14.6 Å². The molecule has 8 nitrogen and oxygen atoms in total. The van der Waals surface area contributed by atoms with E-state index in [0.717, 1.165) is 0 Å². The molecule has 2 heterocycles. The second-order valence-electron chi connectivity index (χ2n) is 7.05. The minimum atomic E-state index is -3.24. The van der Waals surface area contributed by atoms with Crippen molar-refractivity contribution in [1.82, 2.24) is 10.6 Å². The average Bonchev–Trinajstić information content (AvgIpc) is 3.03. The van der Waals surface area contributed by atoms with Gasteiger partial charge >= 0.3 is 6.03 Å². The van der Waals surface area contributed by atoms with E-state index in [1.54, 1.807) is 24.3 Å². The van der Waals surface area contributed by atoms with Gasteiger partial charge in [0.25, 0.3) is 0 Å². The third-order valence-electron chi connectivity index (χ3n) is 5.02. The Kier molecular flexibility index (Phi) is 5.50. The topological polar surface area (TPSA) is 121 Å². The van der Waals surface area contributed by atoms with Gasteiger partial charge in [-0.05, 0) is 31.9 Å². The summed E-state index contributed by atoms with van der Waals surface area (Å²) in [6.07, 6.45) is 1.79. The predicted octanol–water partition coefficient (Wildman–Crippen LogP) is 1.24. The van der Waals surface area contributed by atoms with Crippen LogP contribution in [0.2, 0.25) is 0 Å². The van der Waals surface area contributed by atoms with Crippen molar-refractivity contribution in [2.75, 3.05) is 11.1 Å². The third-order valence-corrected chi connectivity index (χ3v) is 7.29. The van der Waals surface area contributed by atoms with E-state index < -0.39 is 15.1 Å². The van der Waals surface area contributed by atoms with Gasteiger partial charge in [0.1, 0.15) is 0 Å². The number of amides is 3.